The van der Waals surface area contributed by atoms with Crippen molar-refractivity contribution in [1.82, 2.24) is 10.6 Å². The highest BCUT2D eigenvalue weighted by Gasteiger charge is 2.13. The van der Waals surface area contributed by atoms with E-state index in [4.69, 9.17) is 16.3 Å². The van der Waals surface area contributed by atoms with Gasteiger partial charge in [0, 0.05) is 6.54 Å². The molecule has 2 rings (SSSR count). The van der Waals surface area contributed by atoms with Crippen molar-refractivity contribution in [2.75, 3.05) is 13.7 Å². The van der Waals surface area contributed by atoms with Crippen LogP contribution in [0.3, 0.4) is 0 Å². The van der Waals surface area contributed by atoms with E-state index in [2.05, 4.69) is 10.6 Å². The minimum Gasteiger partial charge on any atom is -0.495 e. The van der Waals surface area contributed by atoms with E-state index >= 15 is 0 Å². The van der Waals surface area contributed by atoms with Gasteiger partial charge in [0.1, 0.15) is 5.75 Å². The molecule has 0 radical (unpaired) electrons. The van der Waals surface area contributed by atoms with Crippen LogP contribution in [-0.4, -0.2) is 24.9 Å². The molecule has 0 heterocycles. The minimum atomic E-state index is -0.448. The summed E-state index contributed by atoms with van der Waals surface area (Å²) in [6.45, 7) is 0.147. The summed E-state index contributed by atoms with van der Waals surface area (Å²) in [6.07, 6.45) is 0. The van der Waals surface area contributed by atoms with E-state index in [0.717, 1.165) is 11.1 Å². The van der Waals surface area contributed by atoms with Gasteiger partial charge in [-0.3, -0.25) is 0 Å². The number of ether oxygens (including phenoxy) is 1. The smallest absolute Gasteiger partial charge is 0.315 e. The zero-order valence-corrected chi connectivity index (χ0v) is 13.5. The summed E-state index contributed by atoms with van der Waals surface area (Å²) >= 11 is 6.05. The second-order valence-electron chi connectivity index (χ2n) is 4.94. The first-order valence-electron chi connectivity index (χ1n) is 7.16. The van der Waals surface area contributed by atoms with Gasteiger partial charge in [0.15, 0.2) is 0 Å². The Balaban J connectivity index is 1.90. The Bertz CT molecular complexity index is 650. The molecule has 0 aliphatic heterocycles. The molecule has 0 saturated carbocycles. The van der Waals surface area contributed by atoms with Crippen LogP contribution in [-0.2, 0) is 6.54 Å². The Morgan fingerprint density at radius 3 is 2.61 bits per heavy atom. The Labute approximate surface area is 140 Å². The number of carbonyl (C=O) groups excluding carboxylic acids is 1. The maximum atomic E-state index is 12.0. The molecular weight excluding hydrogens is 316 g/mol. The average molecular weight is 335 g/mol. The molecule has 2 aromatic carbocycles. The molecule has 23 heavy (non-hydrogen) atoms. The van der Waals surface area contributed by atoms with E-state index in [1.807, 2.05) is 36.4 Å². The summed E-state index contributed by atoms with van der Waals surface area (Å²) in [5.41, 5.74) is 1.70. The number of hydrogen-bond donors (Lipinski definition) is 3. The molecule has 0 spiro atoms. The number of methoxy groups -OCH3 is 1. The van der Waals surface area contributed by atoms with Gasteiger partial charge in [0.2, 0.25) is 0 Å². The monoisotopic (exact) mass is 334 g/mol. The van der Waals surface area contributed by atoms with E-state index in [0.29, 0.717) is 17.3 Å². The molecule has 3 N–H and O–H groups in total. The molecule has 0 aliphatic carbocycles. The molecule has 5 nitrogen and oxygen atoms in total. The van der Waals surface area contributed by atoms with Crippen molar-refractivity contribution in [2.24, 2.45) is 0 Å². The lowest BCUT2D eigenvalue weighted by Gasteiger charge is -2.17. The van der Waals surface area contributed by atoms with Gasteiger partial charge in [-0.05, 0) is 23.3 Å². The van der Waals surface area contributed by atoms with Crippen molar-refractivity contribution >= 4 is 17.6 Å². The van der Waals surface area contributed by atoms with Crippen molar-refractivity contribution < 1.29 is 14.6 Å². The predicted molar refractivity (Wildman–Crippen MR) is 89.6 cm³/mol. The van der Waals surface area contributed by atoms with Crippen LogP contribution in [0.1, 0.15) is 17.2 Å². The summed E-state index contributed by atoms with van der Waals surface area (Å²) < 4.78 is 5.08. The van der Waals surface area contributed by atoms with Gasteiger partial charge in [0.25, 0.3) is 0 Å². The summed E-state index contributed by atoms with van der Waals surface area (Å²) in [4.78, 5) is 12.0. The van der Waals surface area contributed by atoms with Crippen molar-refractivity contribution in [3.8, 4) is 5.75 Å². The lowest BCUT2D eigenvalue weighted by molar-refractivity contribution is 0.216. The average Bonchev–Trinajstić information content (AvgIpc) is 2.58. The van der Waals surface area contributed by atoms with Crippen molar-refractivity contribution in [1.29, 1.82) is 0 Å². The molecule has 2 amide bonds. The molecule has 6 heteroatoms. The lowest BCUT2D eigenvalue weighted by atomic mass is 10.1. The summed E-state index contributed by atoms with van der Waals surface area (Å²) in [7, 11) is 1.55. The van der Waals surface area contributed by atoms with E-state index in [9.17, 15) is 9.90 Å². The van der Waals surface area contributed by atoms with Crippen LogP contribution >= 0.6 is 11.6 Å². The van der Waals surface area contributed by atoms with E-state index in [1.54, 1.807) is 19.2 Å². The molecule has 1 unspecified atom stereocenters. The number of nitrogens with one attached hydrogen (secondary N) is 2. The summed E-state index contributed by atoms with van der Waals surface area (Å²) in [5.74, 6) is 0.587. The third kappa shape index (κ3) is 4.87. The Kier molecular flexibility index (Phi) is 6.26. The summed E-state index contributed by atoms with van der Waals surface area (Å²) in [6, 6.07) is 13.8. The third-order valence-electron chi connectivity index (χ3n) is 3.36. The number of rotatable bonds is 6. The highest BCUT2D eigenvalue weighted by Crippen LogP contribution is 2.24. The van der Waals surface area contributed by atoms with E-state index in [1.165, 1.54) is 0 Å². The fourth-order valence-electron chi connectivity index (χ4n) is 2.13. The van der Waals surface area contributed by atoms with Crippen LogP contribution in [0, 0.1) is 0 Å². The molecule has 2 aromatic rings. The number of aliphatic hydroxyl groups is 1. The van der Waals surface area contributed by atoms with E-state index < -0.39 is 6.04 Å². The van der Waals surface area contributed by atoms with Gasteiger partial charge >= 0.3 is 6.03 Å². The summed E-state index contributed by atoms with van der Waals surface area (Å²) in [5, 5.41) is 15.4. The Morgan fingerprint density at radius 2 is 2.00 bits per heavy atom. The quantitative estimate of drug-likeness (QED) is 0.760. The van der Waals surface area contributed by atoms with Gasteiger partial charge in [-0.2, -0.15) is 0 Å². The van der Waals surface area contributed by atoms with Gasteiger partial charge in [-0.15, -0.1) is 0 Å². The molecular formula is C17H19ClN2O3. The fraction of sp³-hybridized carbons (Fsp3) is 0.235. The molecule has 122 valence electrons. The fourth-order valence-corrected chi connectivity index (χ4v) is 2.41. The molecule has 1 atom stereocenters. The number of amides is 2. The van der Waals surface area contributed by atoms with Crippen molar-refractivity contribution in [2.45, 2.75) is 12.6 Å². The molecule has 0 saturated heterocycles. The van der Waals surface area contributed by atoms with Crippen LogP contribution in [0.2, 0.25) is 5.02 Å². The largest absolute Gasteiger partial charge is 0.495 e. The van der Waals surface area contributed by atoms with Gasteiger partial charge < -0.3 is 20.5 Å². The zero-order valence-electron chi connectivity index (χ0n) is 12.8. The minimum absolute atomic E-state index is 0.175. The van der Waals surface area contributed by atoms with Gasteiger partial charge in [0.05, 0.1) is 24.8 Å². The van der Waals surface area contributed by atoms with Crippen LogP contribution in [0.25, 0.3) is 0 Å². The predicted octanol–water partition coefficient (Wildman–Crippen LogP) is 2.88. The number of urea groups is 1. The zero-order chi connectivity index (χ0) is 16.7. The van der Waals surface area contributed by atoms with Crippen molar-refractivity contribution in [3.63, 3.8) is 0 Å². The van der Waals surface area contributed by atoms with Gasteiger partial charge in [-0.1, -0.05) is 48.0 Å². The van der Waals surface area contributed by atoms with Crippen LogP contribution in [0.15, 0.2) is 48.5 Å². The first-order chi connectivity index (χ1) is 11.1. The lowest BCUT2D eigenvalue weighted by Crippen LogP contribution is -2.38. The molecule has 0 aliphatic rings. The van der Waals surface area contributed by atoms with Gasteiger partial charge in [-0.25, -0.2) is 4.79 Å². The Morgan fingerprint density at radius 1 is 1.26 bits per heavy atom. The van der Waals surface area contributed by atoms with E-state index in [-0.39, 0.29) is 12.6 Å². The SMILES string of the molecule is COc1ccc(CNC(=O)NC(CO)c2ccccc2)cc1Cl. The number of benzene rings is 2. The second kappa shape index (κ2) is 8.41. The molecule has 0 fully saturated rings. The molecule has 0 aromatic heterocycles. The normalized spacial score (nSPS) is 11.6. The third-order valence-corrected chi connectivity index (χ3v) is 3.65. The number of aliphatic hydroxyl groups excluding tert-OH is 1. The standard InChI is InChI=1S/C17H19ClN2O3/c1-23-16-8-7-12(9-14(16)18)10-19-17(22)20-15(11-21)13-5-3-2-4-6-13/h2-9,15,21H,10-11H2,1H3,(H2,19,20,22). The first-order valence-corrected chi connectivity index (χ1v) is 7.54. The second-order valence-corrected chi connectivity index (χ2v) is 5.35. The highest BCUT2D eigenvalue weighted by molar-refractivity contribution is 6.32. The highest BCUT2D eigenvalue weighted by atomic mass is 35.5. The topological polar surface area (TPSA) is 70.6 Å². The van der Waals surface area contributed by atoms with Crippen molar-refractivity contribution in [3.05, 3.63) is 64.7 Å². The number of hydrogen-bond acceptors (Lipinski definition) is 3. The van der Waals surface area contributed by atoms with Crippen LogP contribution < -0.4 is 15.4 Å². The number of carbonyl (C=O) groups is 1. The maximum Gasteiger partial charge on any atom is 0.315 e. The maximum absolute atomic E-state index is 12.0. The number of halogens is 1. The first kappa shape index (κ1) is 17.1. The van der Waals surface area contributed by atoms with Crippen LogP contribution in [0.5, 0.6) is 5.75 Å². The Hall–Kier alpha value is -2.24. The van der Waals surface area contributed by atoms with Crippen LogP contribution in [0.4, 0.5) is 4.79 Å². The molecule has 0 bridgehead atoms.